The van der Waals surface area contributed by atoms with E-state index >= 15 is 0 Å². The van der Waals surface area contributed by atoms with Gasteiger partial charge < -0.3 is 0 Å². The van der Waals surface area contributed by atoms with Gasteiger partial charge in [-0.05, 0) is 43.5 Å². The summed E-state index contributed by atoms with van der Waals surface area (Å²) in [6, 6.07) is 6.70. The molecule has 0 aliphatic heterocycles. The van der Waals surface area contributed by atoms with Crippen LogP contribution in [-0.4, -0.2) is 0 Å². The second-order valence-corrected chi connectivity index (χ2v) is 3.87. The molecule has 1 aliphatic carbocycles. The smallest absolute Gasteiger partial charge is 0.123 e. The molecule has 1 aliphatic rings. The summed E-state index contributed by atoms with van der Waals surface area (Å²) in [5.41, 5.74) is 5.11. The van der Waals surface area contributed by atoms with Crippen LogP contribution in [0.25, 0.3) is 5.57 Å². The third-order valence-corrected chi connectivity index (χ3v) is 2.55. The van der Waals surface area contributed by atoms with E-state index in [4.69, 9.17) is 0 Å². The lowest BCUT2D eigenvalue weighted by Gasteiger charge is -2.02. The van der Waals surface area contributed by atoms with Crippen LogP contribution < -0.4 is 0 Å². The molecule has 0 saturated carbocycles. The van der Waals surface area contributed by atoms with E-state index in [1.165, 1.54) is 28.9 Å². The Morgan fingerprint density at radius 2 is 1.71 bits per heavy atom. The highest BCUT2D eigenvalue weighted by Gasteiger charge is 2.10. The molecule has 0 fully saturated rings. The molecular formula is C13H13F. The average Bonchev–Trinajstić information content (AvgIpc) is 2.47. The van der Waals surface area contributed by atoms with Crippen molar-refractivity contribution in [3.8, 4) is 0 Å². The fraction of sp³-hybridized carbons (Fsp3) is 0.231. The molecule has 1 heteroatoms. The molecule has 0 saturated heterocycles. The minimum absolute atomic E-state index is 0.175. The molecule has 2 rings (SSSR count). The zero-order chi connectivity index (χ0) is 10.1. The number of halogens is 1. The summed E-state index contributed by atoms with van der Waals surface area (Å²) in [6.07, 6.45) is 3.23. The van der Waals surface area contributed by atoms with Gasteiger partial charge in [0.05, 0.1) is 0 Å². The molecule has 0 atom stereocenters. The van der Waals surface area contributed by atoms with Crippen molar-refractivity contribution in [1.82, 2.24) is 0 Å². The van der Waals surface area contributed by atoms with E-state index < -0.39 is 0 Å². The maximum Gasteiger partial charge on any atom is 0.123 e. The van der Waals surface area contributed by atoms with Crippen LogP contribution in [0.2, 0.25) is 0 Å². The lowest BCUT2D eigenvalue weighted by molar-refractivity contribution is 0.627. The molecule has 0 unspecified atom stereocenters. The summed E-state index contributed by atoms with van der Waals surface area (Å²) in [4.78, 5) is 0. The molecule has 1 aromatic rings. The van der Waals surface area contributed by atoms with Gasteiger partial charge in [0.1, 0.15) is 5.82 Å². The Kier molecular flexibility index (Phi) is 2.24. The van der Waals surface area contributed by atoms with Crippen molar-refractivity contribution in [2.24, 2.45) is 0 Å². The van der Waals surface area contributed by atoms with Crippen LogP contribution in [0.4, 0.5) is 4.39 Å². The summed E-state index contributed by atoms with van der Waals surface area (Å²) in [6.45, 7) is 4.26. The Hall–Kier alpha value is -1.37. The first-order valence-electron chi connectivity index (χ1n) is 4.79. The van der Waals surface area contributed by atoms with Crippen molar-refractivity contribution in [3.63, 3.8) is 0 Å². The first kappa shape index (κ1) is 9.20. The molecule has 0 heterocycles. The molecule has 14 heavy (non-hydrogen) atoms. The van der Waals surface area contributed by atoms with Crippen molar-refractivity contribution >= 4 is 5.57 Å². The molecule has 0 nitrogen and oxygen atoms in total. The quantitative estimate of drug-likeness (QED) is 0.626. The highest BCUT2D eigenvalue weighted by Crippen LogP contribution is 2.31. The number of allylic oxidation sites excluding steroid dienone is 4. The van der Waals surface area contributed by atoms with Crippen molar-refractivity contribution in [2.45, 2.75) is 20.3 Å². The molecule has 1 aromatic carbocycles. The van der Waals surface area contributed by atoms with Crippen LogP contribution in [0.15, 0.2) is 41.5 Å². The molecule has 0 aromatic heterocycles. The molecule has 0 spiro atoms. The Balaban J connectivity index is 2.41. The van der Waals surface area contributed by atoms with Crippen molar-refractivity contribution in [1.29, 1.82) is 0 Å². The van der Waals surface area contributed by atoms with E-state index in [-0.39, 0.29) is 5.82 Å². The Bertz CT molecular complexity index is 407. The molecular weight excluding hydrogens is 175 g/mol. The zero-order valence-electron chi connectivity index (χ0n) is 8.47. The normalized spacial score (nSPS) is 16.1. The lowest BCUT2D eigenvalue weighted by Crippen LogP contribution is -1.82. The van der Waals surface area contributed by atoms with Crippen LogP contribution in [0.1, 0.15) is 25.8 Å². The van der Waals surface area contributed by atoms with E-state index in [1.54, 1.807) is 0 Å². The van der Waals surface area contributed by atoms with Gasteiger partial charge in [0, 0.05) is 0 Å². The van der Waals surface area contributed by atoms with Crippen molar-refractivity contribution < 1.29 is 4.39 Å². The first-order chi connectivity index (χ1) is 6.66. The monoisotopic (exact) mass is 188 g/mol. The number of benzene rings is 1. The maximum absolute atomic E-state index is 12.7. The number of hydrogen-bond acceptors (Lipinski definition) is 0. The van der Waals surface area contributed by atoms with Gasteiger partial charge in [0.15, 0.2) is 0 Å². The van der Waals surface area contributed by atoms with Crippen LogP contribution in [0.3, 0.4) is 0 Å². The Labute approximate surface area is 83.8 Å². The second-order valence-electron chi connectivity index (χ2n) is 3.87. The van der Waals surface area contributed by atoms with Gasteiger partial charge in [-0.2, -0.15) is 0 Å². The minimum Gasteiger partial charge on any atom is -0.207 e. The molecule has 0 N–H and O–H groups in total. The van der Waals surface area contributed by atoms with Gasteiger partial charge in [0.2, 0.25) is 0 Å². The molecule has 0 bridgehead atoms. The van der Waals surface area contributed by atoms with Crippen LogP contribution in [0, 0.1) is 5.82 Å². The van der Waals surface area contributed by atoms with Crippen LogP contribution in [-0.2, 0) is 0 Å². The average molecular weight is 188 g/mol. The van der Waals surface area contributed by atoms with E-state index in [9.17, 15) is 4.39 Å². The van der Waals surface area contributed by atoms with E-state index in [0.717, 1.165) is 12.0 Å². The maximum atomic E-state index is 12.7. The highest BCUT2D eigenvalue weighted by atomic mass is 19.1. The fourth-order valence-corrected chi connectivity index (χ4v) is 1.89. The Morgan fingerprint density at radius 1 is 1.07 bits per heavy atom. The summed E-state index contributed by atoms with van der Waals surface area (Å²) in [5, 5.41) is 0. The standard InChI is InChI=1S/C13H13F/c1-9-7-10(2)13(8-9)11-3-5-12(14)6-4-11/h3-6,8H,7H2,1-2H3. The number of hydrogen-bond donors (Lipinski definition) is 0. The highest BCUT2D eigenvalue weighted by molar-refractivity contribution is 5.80. The topological polar surface area (TPSA) is 0 Å². The summed E-state index contributed by atoms with van der Waals surface area (Å²) in [5.74, 6) is -0.175. The van der Waals surface area contributed by atoms with E-state index in [2.05, 4.69) is 19.9 Å². The van der Waals surface area contributed by atoms with E-state index in [1.807, 2.05) is 12.1 Å². The predicted molar refractivity (Wildman–Crippen MR) is 57.4 cm³/mol. The second kappa shape index (κ2) is 3.41. The van der Waals surface area contributed by atoms with Gasteiger partial charge in [-0.15, -0.1) is 0 Å². The SMILES string of the molecule is CC1=CC(c2ccc(F)cc2)=C(C)C1. The van der Waals surface area contributed by atoms with Gasteiger partial charge in [-0.1, -0.05) is 29.4 Å². The van der Waals surface area contributed by atoms with Crippen LogP contribution in [0.5, 0.6) is 0 Å². The van der Waals surface area contributed by atoms with Gasteiger partial charge >= 0.3 is 0 Å². The summed E-state index contributed by atoms with van der Waals surface area (Å²) < 4.78 is 12.7. The third kappa shape index (κ3) is 1.63. The zero-order valence-corrected chi connectivity index (χ0v) is 8.47. The van der Waals surface area contributed by atoms with Gasteiger partial charge in [-0.25, -0.2) is 4.39 Å². The minimum atomic E-state index is -0.175. The van der Waals surface area contributed by atoms with Gasteiger partial charge in [0.25, 0.3) is 0 Å². The lowest BCUT2D eigenvalue weighted by atomic mass is 10.0. The van der Waals surface area contributed by atoms with E-state index in [0.29, 0.717) is 0 Å². The van der Waals surface area contributed by atoms with Crippen molar-refractivity contribution in [2.75, 3.05) is 0 Å². The largest absolute Gasteiger partial charge is 0.207 e. The molecule has 0 radical (unpaired) electrons. The third-order valence-electron chi connectivity index (χ3n) is 2.55. The van der Waals surface area contributed by atoms with Gasteiger partial charge in [-0.3, -0.25) is 0 Å². The summed E-state index contributed by atoms with van der Waals surface area (Å²) in [7, 11) is 0. The fourth-order valence-electron chi connectivity index (χ4n) is 1.89. The predicted octanol–water partition coefficient (Wildman–Crippen LogP) is 3.95. The first-order valence-corrected chi connectivity index (χ1v) is 4.79. The molecule has 0 amide bonds. The van der Waals surface area contributed by atoms with Crippen molar-refractivity contribution in [3.05, 3.63) is 52.9 Å². The number of rotatable bonds is 1. The Morgan fingerprint density at radius 3 is 2.21 bits per heavy atom. The summed E-state index contributed by atoms with van der Waals surface area (Å²) >= 11 is 0. The molecule has 72 valence electrons. The van der Waals surface area contributed by atoms with Crippen LogP contribution >= 0.6 is 0 Å².